The minimum absolute atomic E-state index is 0.211. The number of aromatic nitrogens is 1. The molecule has 1 saturated heterocycles. The molecule has 4 nitrogen and oxygen atoms in total. The molecular weight excluding hydrogens is 345 g/mol. The van der Waals surface area contributed by atoms with E-state index in [1.54, 1.807) is 39.0 Å². The zero-order valence-corrected chi connectivity index (χ0v) is 17.0. The number of hydrogen-bond acceptors (Lipinski definition) is 5. The van der Waals surface area contributed by atoms with Crippen molar-refractivity contribution >= 4 is 36.2 Å². The predicted molar refractivity (Wildman–Crippen MR) is 107 cm³/mol. The summed E-state index contributed by atoms with van der Waals surface area (Å²) in [5.74, 6) is -1.28. The Morgan fingerprint density at radius 2 is 1.62 bits per heavy atom. The van der Waals surface area contributed by atoms with Crippen LogP contribution in [0.2, 0.25) is 0 Å². The van der Waals surface area contributed by atoms with E-state index in [1.807, 2.05) is 39.0 Å². The monoisotopic (exact) mass is 369 g/mol. The molecule has 2 aromatic rings. The summed E-state index contributed by atoms with van der Waals surface area (Å²) in [5.41, 5.74) is 0.764. The molecule has 1 aromatic heterocycles. The van der Waals surface area contributed by atoms with Crippen molar-refractivity contribution in [2.75, 3.05) is 0 Å². The number of rotatable bonds is 3. The van der Waals surface area contributed by atoms with Gasteiger partial charge in [0.25, 0.3) is 0 Å². The molecule has 0 radical (unpaired) electrons. The van der Waals surface area contributed by atoms with Gasteiger partial charge in [-0.3, -0.25) is 9.59 Å². The highest BCUT2D eigenvalue weighted by atomic mass is 32.1. The number of ether oxygens (including phenoxy) is 1. The van der Waals surface area contributed by atoms with Gasteiger partial charge in [0.05, 0.1) is 5.69 Å². The fourth-order valence-corrected chi connectivity index (χ4v) is 4.51. The lowest BCUT2D eigenvalue weighted by molar-refractivity contribution is -0.184. The number of carbonyl (C=O) groups is 2. The van der Waals surface area contributed by atoms with Crippen LogP contribution in [0.5, 0.6) is 0 Å². The van der Waals surface area contributed by atoms with Crippen LogP contribution in [0.15, 0.2) is 24.3 Å². The van der Waals surface area contributed by atoms with Crippen LogP contribution in [0.1, 0.15) is 51.1 Å². The van der Waals surface area contributed by atoms with Crippen molar-refractivity contribution in [2.45, 2.75) is 58.2 Å². The molecule has 0 unspecified atom stereocenters. The fraction of sp³-hybridized carbons (Fsp3) is 0.450. The maximum atomic E-state index is 13.0. The molecule has 1 fully saturated rings. The molecule has 0 saturated carbocycles. The summed E-state index contributed by atoms with van der Waals surface area (Å²) >= 11 is 1.56. The topological polar surface area (TPSA) is 56.3 Å². The summed E-state index contributed by atoms with van der Waals surface area (Å²) in [6.45, 7) is 8.95. The van der Waals surface area contributed by atoms with Crippen LogP contribution in [-0.4, -0.2) is 35.6 Å². The van der Waals surface area contributed by atoms with E-state index in [0.717, 1.165) is 21.9 Å². The highest BCUT2D eigenvalue weighted by Crippen LogP contribution is 2.41. The van der Waals surface area contributed by atoms with Crippen LogP contribution < -0.4 is 5.46 Å². The van der Waals surface area contributed by atoms with Gasteiger partial charge >= 0.3 is 0 Å². The maximum Gasteiger partial charge on any atom is 0.180 e. The van der Waals surface area contributed by atoms with Crippen molar-refractivity contribution in [1.82, 2.24) is 4.98 Å². The molecule has 1 aromatic carbocycles. The van der Waals surface area contributed by atoms with Gasteiger partial charge in [0.1, 0.15) is 30.0 Å². The smallest absolute Gasteiger partial charge is 0.180 e. The van der Waals surface area contributed by atoms with Gasteiger partial charge in [-0.15, -0.1) is 11.3 Å². The first-order valence-electron chi connectivity index (χ1n) is 8.92. The number of hydrogen-bond donors (Lipinski definition) is 0. The molecule has 0 atom stereocenters. The lowest BCUT2D eigenvalue weighted by Crippen LogP contribution is -2.58. The summed E-state index contributed by atoms with van der Waals surface area (Å²) in [7, 11) is 2.04. The Morgan fingerprint density at radius 3 is 2.12 bits per heavy atom. The number of aryl methyl sites for hydroxylation is 1. The van der Waals surface area contributed by atoms with Gasteiger partial charge in [-0.05, 0) is 34.1 Å². The Balaban J connectivity index is 2.11. The zero-order valence-electron chi connectivity index (χ0n) is 16.2. The average Bonchev–Trinajstić information content (AvgIpc) is 2.97. The Labute approximate surface area is 159 Å². The van der Waals surface area contributed by atoms with E-state index in [9.17, 15) is 9.59 Å². The Morgan fingerprint density at radius 1 is 1.08 bits per heavy atom. The minimum Gasteiger partial charge on any atom is -0.354 e. The number of Topliss-reactive ketones (excluding diaryl/α,β-unsaturated/α-hetero) is 2. The summed E-state index contributed by atoms with van der Waals surface area (Å²) in [6, 6.07) is 8.13. The summed E-state index contributed by atoms with van der Waals surface area (Å²) in [4.78, 5) is 31.8. The molecule has 0 aliphatic carbocycles. The third-order valence-corrected chi connectivity index (χ3v) is 6.11. The molecule has 6 heteroatoms. The van der Waals surface area contributed by atoms with E-state index < -0.39 is 17.1 Å². The van der Waals surface area contributed by atoms with E-state index in [2.05, 4.69) is 0 Å². The number of nitrogens with zero attached hydrogens (tertiary/aromatic N) is 1. The van der Waals surface area contributed by atoms with Crippen LogP contribution in [0.25, 0.3) is 10.6 Å². The van der Waals surface area contributed by atoms with E-state index in [-0.39, 0.29) is 11.6 Å². The SMILES string of the molecule is Bc1ccc(-c2nc(C3C(=O)C(C)(C)OC(C)(C)C3=O)c(CC)s2)cc1. The molecule has 0 bridgehead atoms. The Bertz CT molecular complexity index is 842. The van der Waals surface area contributed by atoms with Crippen LogP contribution in [0, 0.1) is 0 Å². The van der Waals surface area contributed by atoms with E-state index in [4.69, 9.17) is 9.72 Å². The van der Waals surface area contributed by atoms with Crippen molar-refractivity contribution in [3.63, 3.8) is 0 Å². The largest absolute Gasteiger partial charge is 0.354 e. The van der Waals surface area contributed by atoms with Crippen molar-refractivity contribution in [1.29, 1.82) is 0 Å². The van der Waals surface area contributed by atoms with Gasteiger partial charge in [0.2, 0.25) is 0 Å². The van der Waals surface area contributed by atoms with Gasteiger partial charge in [-0.1, -0.05) is 36.7 Å². The first-order chi connectivity index (χ1) is 12.1. The minimum atomic E-state index is -1.01. The predicted octanol–water partition coefficient (Wildman–Crippen LogP) is 2.44. The van der Waals surface area contributed by atoms with Crippen molar-refractivity contribution < 1.29 is 14.3 Å². The number of thiazole rings is 1. The van der Waals surface area contributed by atoms with Crippen molar-refractivity contribution in [2.24, 2.45) is 0 Å². The van der Waals surface area contributed by atoms with Crippen LogP contribution in [0.4, 0.5) is 0 Å². The summed E-state index contributed by atoms with van der Waals surface area (Å²) in [6.07, 6.45) is 0.734. The van der Waals surface area contributed by atoms with Crippen LogP contribution in [0.3, 0.4) is 0 Å². The molecule has 0 spiro atoms. The number of benzene rings is 1. The fourth-order valence-electron chi connectivity index (χ4n) is 3.46. The molecule has 2 heterocycles. The van der Waals surface area contributed by atoms with Gasteiger partial charge in [-0.25, -0.2) is 4.98 Å². The zero-order chi connectivity index (χ0) is 19.3. The van der Waals surface area contributed by atoms with Gasteiger partial charge in [-0.2, -0.15) is 0 Å². The highest BCUT2D eigenvalue weighted by Gasteiger charge is 2.54. The van der Waals surface area contributed by atoms with Crippen molar-refractivity contribution in [3.8, 4) is 10.6 Å². The second kappa shape index (κ2) is 6.43. The lowest BCUT2D eigenvalue weighted by atomic mass is 9.76. The molecule has 136 valence electrons. The molecule has 1 aliphatic heterocycles. The van der Waals surface area contributed by atoms with Gasteiger partial charge in [0, 0.05) is 10.4 Å². The molecular formula is C20H24BNO3S. The maximum absolute atomic E-state index is 13.0. The lowest BCUT2D eigenvalue weighted by Gasteiger charge is -2.42. The van der Waals surface area contributed by atoms with E-state index in [0.29, 0.717) is 5.69 Å². The van der Waals surface area contributed by atoms with Gasteiger partial charge in [0.15, 0.2) is 11.6 Å². The first kappa shape index (κ1) is 19.0. The molecule has 26 heavy (non-hydrogen) atoms. The number of ketones is 2. The normalized spacial score (nSPS) is 19.7. The third kappa shape index (κ3) is 3.16. The quantitative estimate of drug-likeness (QED) is 0.616. The molecule has 1 aliphatic rings. The average molecular weight is 369 g/mol. The summed E-state index contributed by atoms with van der Waals surface area (Å²) in [5, 5.41) is 0.847. The number of carbonyl (C=O) groups excluding carboxylic acids is 2. The second-order valence-corrected chi connectivity index (χ2v) is 8.91. The third-order valence-electron chi connectivity index (χ3n) is 4.84. The highest BCUT2D eigenvalue weighted by molar-refractivity contribution is 7.15. The second-order valence-electron chi connectivity index (χ2n) is 7.83. The molecule has 0 N–H and O–H groups in total. The Hall–Kier alpha value is -1.79. The Kier molecular flexibility index (Phi) is 4.70. The van der Waals surface area contributed by atoms with E-state index >= 15 is 0 Å². The van der Waals surface area contributed by atoms with Gasteiger partial charge < -0.3 is 4.74 Å². The first-order valence-corrected chi connectivity index (χ1v) is 9.74. The molecule has 0 amide bonds. The van der Waals surface area contributed by atoms with Crippen LogP contribution >= 0.6 is 11.3 Å². The molecule has 3 rings (SSSR count). The standard InChI is InChI=1S/C20H24BNO3S/c1-6-13-15(22-18(26-13)11-7-9-12(21)10-8-11)14-16(23)19(2,3)25-20(4,5)17(14)24/h7-10,14H,6,21H2,1-5H3. The van der Waals surface area contributed by atoms with E-state index in [1.165, 1.54) is 5.46 Å². The van der Waals surface area contributed by atoms with Crippen molar-refractivity contribution in [3.05, 3.63) is 34.8 Å². The van der Waals surface area contributed by atoms with Crippen LogP contribution in [-0.2, 0) is 20.7 Å². The summed E-state index contributed by atoms with van der Waals surface area (Å²) < 4.78 is 5.79.